The van der Waals surface area contributed by atoms with Crippen LogP contribution in [-0.2, 0) is 22.1 Å². The van der Waals surface area contributed by atoms with Gasteiger partial charge in [0.1, 0.15) is 0 Å². The van der Waals surface area contributed by atoms with Crippen LogP contribution in [-0.4, -0.2) is 12.2 Å². The summed E-state index contributed by atoms with van der Waals surface area (Å²) in [7, 11) is 0. The van der Waals surface area contributed by atoms with Gasteiger partial charge in [-0.15, -0.1) is 0 Å². The summed E-state index contributed by atoms with van der Waals surface area (Å²) in [6.45, 7) is 1.27. The molecule has 1 atom stereocenters. The summed E-state index contributed by atoms with van der Waals surface area (Å²) >= 11 is 0. The van der Waals surface area contributed by atoms with E-state index in [1.54, 1.807) is 0 Å². The molecule has 1 aromatic rings. The van der Waals surface area contributed by atoms with Crippen molar-refractivity contribution in [1.82, 2.24) is 0 Å². The van der Waals surface area contributed by atoms with Gasteiger partial charge >= 0.3 is 12.1 Å². The number of fused-ring (bicyclic) bond motifs is 1. The van der Waals surface area contributed by atoms with Crippen LogP contribution < -0.4 is 5.32 Å². The molecule has 98 valence electrons. The van der Waals surface area contributed by atoms with Crippen molar-refractivity contribution in [1.29, 1.82) is 0 Å². The number of rotatable bonds is 1. The third-order valence-electron chi connectivity index (χ3n) is 2.74. The van der Waals surface area contributed by atoms with Crippen molar-refractivity contribution < 1.29 is 22.7 Å². The summed E-state index contributed by atoms with van der Waals surface area (Å²) in [5, 5.41) is 2.80. The van der Waals surface area contributed by atoms with E-state index >= 15 is 0 Å². The molecule has 1 heterocycles. The second-order valence-corrected chi connectivity index (χ2v) is 4.15. The molecular weight excluding hydrogens is 247 g/mol. The Balaban J connectivity index is 2.22. The number of hydrogen-bond acceptors (Lipinski definition) is 3. The molecule has 0 aromatic heterocycles. The van der Waals surface area contributed by atoms with Crippen LogP contribution in [0.3, 0.4) is 0 Å². The zero-order chi connectivity index (χ0) is 13.3. The van der Waals surface area contributed by atoms with Crippen LogP contribution >= 0.6 is 0 Å². The molecule has 18 heavy (non-hydrogen) atoms. The minimum Gasteiger partial charge on any atom is -0.442 e. The van der Waals surface area contributed by atoms with E-state index in [4.69, 9.17) is 4.74 Å². The third kappa shape index (κ3) is 2.75. The quantitative estimate of drug-likeness (QED) is 0.788. The molecule has 3 nitrogen and oxygen atoms in total. The minimum absolute atomic E-state index is 0.377. The molecule has 6 heteroatoms. The van der Waals surface area contributed by atoms with Crippen LogP contribution in [0.5, 0.6) is 0 Å². The smallest absolute Gasteiger partial charge is 0.416 e. The highest BCUT2D eigenvalue weighted by Crippen LogP contribution is 2.34. The lowest BCUT2D eigenvalue weighted by Crippen LogP contribution is -2.30. The van der Waals surface area contributed by atoms with E-state index in [-0.39, 0.29) is 0 Å². The van der Waals surface area contributed by atoms with Gasteiger partial charge in [0.05, 0.1) is 5.56 Å². The van der Waals surface area contributed by atoms with Crippen molar-refractivity contribution in [2.75, 3.05) is 5.32 Å². The van der Waals surface area contributed by atoms with Crippen LogP contribution in [0.1, 0.15) is 24.5 Å². The molecule has 1 aliphatic rings. The Morgan fingerprint density at radius 2 is 2.17 bits per heavy atom. The number of halogens is 3. The number of esters is 1. The number of anilines is 1. The molecule has 0 aliphatic carbocycles. The van der Waals surface area contributed by atoms with Gasteiger partial charge in [0.2, 0.25) is 0 Å². The largest absolute Gasteiger partial charge is 0.442 e. The standard InChI is InChI=1S/C12H12F3NO2/c1-7(17)18-11-5-3-8-2-4-9(12(13,14)15)6-10(8)16-11/h2,4,6,11,16H,3,5H2,1H3. The highest BCUT2D eigenvalue weighted by molar-refractivity contribution is 5.67. The maximum Gasteiger partial charge on any atom is 0.416 e. The number of benzene rings is 1. The van der Waals surface area contributed by atoms with Crippen LogP contribution in [0.25, 0.3) is 0 Å². The summed E-state index contributed by atoms with van der Waals surface area (Å²) in [4.78, 5) is 10.8. The average molecular weight is 259 g/mol. The molecule has 0 saturated carbocycles. The van der Waals surface area contributed by atoms with E-state index in [0.717, 1.165) is 17.7 Å². The van der Waals surface area contributed by atoms with Gasteiger partial charge in [0, 0.05) is 19.0 Å². The molecule has 0 spiro atoms. The van der Waals surface area contributed by atoms with E-state index < -0.39 is 23.9 Å². The topological polar surface area (TPSA) is 38.3 Å². The number of ether oxygens (including phenoxy) is 1. The van der Waals surface area contributed by atoms with E-state index in [9.17, 15) is 18.0 Å². The third-order valence-corrected chi connectivity index (χ3v) is 2.74. The number of alkyl halides is 3. The zero-order valence-electron chi connectivity index (χ0n) is 9.67. The molecule has 1 aromatic carbocycles. The Kier molecular flexibility index (Phi) is 3.19. The van der Waals surface area contributed by atoms with E-state index in [2.05, 4.69) is 5.32 Å². The van der Waals surface area contributed by atoms with Crippen LogP contribution in [0.4, 0.5) is 18.9 Å². The highest BCUT2D eigenvalue weighted by atomic mass is 19.4. The maximum atomic E-state index is 12.6. The molecular formula is C12H12F3NO2. The van der Waals surface area contributed by atoms with Crippen molar-refractivity contribution in [3.8, 4) is 0 Å². The fraction of sp³-hybridized carbons (Fsp3) is 0.417. The first-order valence-electron chi connectivity index (χ1n) is 5.50. The molecule has 0 fully saturated rings. The van der Waals surface area contributed by atoms with Crippen LogP contribution in [0.15, 0.2) is 18.2 Å². The first-order chi connectivity index (χ1) is 8.36. The lowest BCUT2D eigenvalue weighted by Gasteiger charge is -2.27. The highest BCUT2D eigenvalue weighted by Gasteiger charge is 2.32. The normalized spacial score (nSPS) is 18.8. The second-order valence-electron chi connectivity index (χ2n) is 4.15. The summed E-state index contributed by atoms with van der Waals surface area (Å²) in [6.07, 6.45) is -3.79. The number of hydrogen-bond donors (Lipinski definition) is 1. The number of carbonyl (C=O) groups is 1. The molecule has 0 saturated heterocycles. The second kappa shape index (κ2) is 4.51. The van der Waals surface area contributed by atoms with Gasteiger partial charge in [-0.05, 0) is 24.1 Å². The fourth-order valence-corrected chi connectivity index (χ4v) is 1.93. The number of carbonyl (C=O) groups excluding carboxylic acids is 1. The van der Waals surface area contributed by atoms with Gasteiger partial charge in [-0.3, -0.25) is 4.79 Å². The zero-order valence-corrected chi connectivity index (χ0v) is 9.67. The lowest BCUT2D eigenvalue weighted by atomic mass is 10.00. The molecule has 0 amide bonds. The molecule has 1 N–H and O–H groups in total. The summed E-state index contributed by atoms with van der Waals surface area (Å²) in [6, 6.07) is 3.56. The average Bonchev–Trinajstić information content (AvgIpc) is 2.26. The van der Waals surface area contributed by atoms with Gasteiger partial charge in [-0.1, -0.05) is 6.07 Å². The summed E-state index contributed by atoms with van der Waals surface area (Å²) in [5.41, 5.74) is 0.464. The summed E-state index contributed by atoms with van der Waals surface area (Å²) < 4.78 is 42.6. The Morgan fingerprint density at radius 1 is 1.44 bits per heavy atom. The monoisotopic (exact) mass is 259 g/mol. The van der Waals surface area contributed by atoms with Gasteiger partial charge in [-0.2, -0.15) is 13.2 Å². The number of nitrogens with one attached hydrogen (secondary N) is 1. The van der Waals surface area contributed by atoms with Crippen molar-refractivity contribution in [2.24, 2.45) is 0 Å². The van der Waals surface area contributed by atoms with Crippen molar-refractivity contribution in [3.63, 3.8) is 0 Å². The Labute approximate surface area is 102 Å². The SMILES string of the molecule is CC(=O)OC1CCc2ccc(C(F)(F)F)cc2N1. The molecule has 1 aliphatic heterocycles. The molecule has 1 unspecified atom stereocenters. The fourth-order valence-electron chi connectivity index (χ4n) is 1.93. The lowest BCUT2D eigenvalue weighted by molar-refractivity contribution is -0.145. The predicted molar refractivity (Wildman–Crippen MR) is 58.9 cm³/mol. The molecule has 2 rings (SSSR count). The van der Waals surface area contributed by atoms with Crippen molar-refractivity contribution in [2.45, 2.75) is 32.2 Å². The van der Waals surface area contributed by atoms with Crippen molar-refractivity contribution >= 4 is 11.7 Å². The maximum absolute atomic E-state index is 12.6. The van der Waals surface area contributed by atoms with Gasteiger partial charge in [0.15, 0.2) is 6.23 Å². The predicted octanol–water partition coefficient (Wildman–Crippen LogP) is 2.95. The van der Waals surface area contributed by atoms with E-state index in [1.807, 2.05) is 0 Å². The minimum atomic E-state index is -4.37. The van der Waals surface area contributed by atoms with Gasteiger partial charge in [0.25, 0.3) is 0 Å². The van der Waals surface area contributed by atoms with Gasteiger partial charge < -0.3 is 10.1 Å². The van der Waals surface area contributed by atoms with Crippen LogP contribution in [0.2, 0.25) is 0 Å². The van der Waals surface area contributed by atoms with E-state index in [1.165, 1.54) is 13.0 Å². The van der Waals surface area contributed by atoms with Crippen molar-refractivity contribution in [3.05, 3.63) is 29.3 Å². The van der Waals surface area contributed by atoms with Gasteiger partial charge in [-0.25, -0.2) is 0 Å². The summed E-state index contributed by atoms with van der Waals surface area (Å²) in [5.74, 6) is -0.456. The number of aryl methyl sites for hydroxylation is 1. The Morgan fingerprint density at radius 3 is 2.78 bits per heavy atom. The Bertz CT molecular complexity index is 471. The molecule has 0 bridgehead atoms. The van der Waals surface area contributed by atoms with E-state index in [0.29, 0.717) is 18.5 Å². The first-order valence-corrected chi connectivity index (χ1v) is 5.50. The van der Waals surface area contributed by atoms with Crippen LogP contribution in [0, 0.1) is 0 Å². The Hall–Kier alpha value is -1.72. The molecule has 0 radical (unpaired) electrons. The first kappa shape index (κ1) is 12.7.